The van der Waals surface area contributed by atoms with Gasteiger partial charge in [-0.25, -0.2) is 4.68 Å². The second kappa shape index (κ2) is 9.57. The van der Waals surface area contributed by atoms with Crippen LogP contribution in [-0.2, 0) is 4.79 Å². The van der Waals surface area contributed by atoms with Crippen LogP contribution in [0.4, 0.5) is 0 Å². The van der Waals surface area contributed by atoms with Crippen molar-refractivity contribution in [3.05, 3.63) is 83.7 Å². The first-order valence-corrected chi connectivity index (χ1v) is 11.8. The third-order valence-electron chi connectivity index (χ3n) is 6.79. The van der Waals surface area contributed by atoms with Crippen molar-refractivity contribution in [3.8, 4) is 0 Å². The van der Waals surface area contributed by atoms with E-state index in [2.05, 4.69) is 15.6 Å². The van der Waals surface area contributed by atoms with Gasteiger partial charge in [0.25, 0.3) is 5.91 Å². The molecule has 0 radical (unpaired) electrons. The van der Waals surface area contributed by atoms with E-state index in [1.807, 2.05) is 65.6 Å². The van der Waals surface area contributed by atoms with Crippen LogP contribution in [0.3, 0.4) is 0 Å². The van der Waals surface area contributed by atoms with Gasteiger partial charge in [0.05, 0.1) is 6.20 Å². The van der Waals surface area contributed by atoms with E-state index in [9.17, 15) is 9.59 Å². The summed E-state index contributed by atoms with van der Waals surface area (Å²) in [4.78, 5) is 27.3. The standard InChI is InChI=1S/C26H29N5O2/c32-24-15-19(17-30(24)22-13-7-8-14-22)16-27-26(33)23-18-31(29-28-23)25(20-9-3-1-4-10-20)21-11-5-2-6-12-21/h1-6,9-12,18-19,22,25H,7-8,13-17H2,(H,27,33). The quantitative estimate of drug-likeness (QED) is 0.607. The number of nitrogens with zero attached hydrogens (tertiary/aromatic N) is 4. The Morgan fingerprint density at radius 1 is 1.00 bits per heavy atom. The number of rotatable bonds is 7. The van der Waals surface area contributed by atoms with Crippen LogP contribution < -0.4 is 5.32 Å². The van der Waals surface area contributed by atoms with E-state index in [0.29, 0.717) is 19.0 Å². The Labute approximate surface area is 193 Å². The predicted molar refractivity (Wildman–Crippen MR) is 125 cm³/mol. The number of aromatic nitrogens is 3. The van der Waals surface area contributed by atoms with Crippen LogP contribution in [0, 0.1) is 5.92 Å². The molecule has 5 rings (SSSR count). The summed E-state index contributed by atoms with van der Waals surface area (Å²) in [6.45, 7) is 1.21. The van der Waals surface area contributed by atoms with E-state index < -0.39 is 0 Å². The summed E-state index contributed by atoms with van der Waals surface area (Å²) < 4.78 is 1.74. The molecule has 170 valence electrons. The van der Waals surface area contributed by atoms with Crippen LogP contribution >= 0.6 is 0 Å². The molecule has 2 heterocycles. The van der Waals surface area contributed by atoms with E-state index in [1.54, 1.807) is 10.9 Å². The maximum absolute atomic E-state index is 12.8. The van der Waals surface area contributed by atoms with E-state index in [-0.39, 0.29) is 29.5 Å². The molecule has 1 unspecified atom stereocenters. The molecule has 2 amide bonds. The van der Waals surface area contributed by atoms with Gasteiger partial charge in [0.1, 0.15) is 6.04 Å². The molecular formula is C26H29N5O2. The van der Waals surface area contributed by atoms with Crippen LogP contribution in [-0.4, -0.2) is 50.8 Å². The normalized spacial score (nSPS) is 18.9. The van der Waals surface area contributed by atoms with Gasteiger partial charge in [0.15, 0.2) is 5.69 Å². The van der Waals surface area contributed by atoms with Gasteiger partial charge in [-0.3, -0.25) is 9.59 Å². The van der Waals surface area contributed by atoms with Crippen LogP contribution in [0.15, 0.2) is 66.9 Å². The highest BCUT2D eigenvalue weighted by Gasteiger charge is 2.35. The molecule has 0 bridgehead atoms. The minimum Gasteiger partial charge on any atom is -0.350 e. The lowest BCUT2D eigenvalue weighted by molar-refractivity contribution is -0.129. The average molecular weight is 444 g/mol. The molecule has 7 heteroatoms. The zero-order chi connectivity index (χ0) is 22.6. The third kappa shape index (κ3) is 4.67. The number of hydrogen-bond donors (Lipinski definition) is 1. The fourth-order valence-corrected chi connectivity index (χ4v) is 5.12. The Hall–Kier alpha value is -3.48. The van der Waals surface area contributed by atoms with E-state index in [1.165, 1.54) is 12.8 Å². The van der Waals surface area contributed by atoms with Crippen LogP contribution in [0.25, 0.3) is 0 Å². The van der Waals surface area contributed by atoms with Crippen LogP contribution in [0.5, 0.6) is 0 Å². The Balaban J connectivity index is 1.26. The summed E-state index contributed by atoms with van der Waals surface area (Å²) in [5.74, 6) is 0.118. The molecule has 1 N–H and O–H groups in total. The SMILES string of the molecule is O=C(NCC1CC(=O)N(C2CCCC2)C1)c1cn(C(c2ccccc2)c2ccccc2)nn1. The Morgan fingerprint density at radius 2 is 1.64 bits per heavy atom. The van der Waals surface area contributed by atoms with E-state index in [0.717, 1.165) is 30.5 Å². The van der Waals surface area contributed by atoms with Crippen molar-refractivity contribution in [1.82, 2.24) is 25.2 Å². The number of carbonyl (C=O) groups is 2. The summed E-state index contributed by atoms with van der Waals surface area (Å²) in [7, 11) is 0. The minimum absolute atomic E-state index is 0.151. The van der Waals surface area contributed by atoms with Gasteiger partial charge in [-0.05, 0) is 24.0 Å². The molecule has 2 aromatic carbocycles. The molecule has 3 aromatic rings. The van der Waals surface area contributed by atoms with Crippen molar-refractivity contribution in [3.63, 3.8) is 0 Å². The van der Waals surface area contributed by atoms with E-state index >= 15 is 0 Å². The molecular weight excluding hydrogens is 414 g/mol. The fourth-order valence-electron chi connectivity index (χ4n) is 5.12. The molecule has 1 aliphatic heterocycles. The van der Waals surface area contributed by atoms with Crippen molar-refractivity contribution in [2.24, 2.45) is 5.92 Å². The summed E-state index contributed by atoms with van der Waals surface area (Å²) >= 11 is 0. The number of amides is 2. The Bertz CT molecular complexity index is 1050. The molecule has 1 atom stereocenters. The van der Waals surface area contributed by atoms with Crippen molar-refractivity contribution in [1.29, 1.82) is 0 Å². The largest absolute Gasteiger partial charge is 0.350 e. The molecule has 7 nitrogen and oxygen atoms in total. The number of nitrogens with one attached hydrogen (secondary N) is 1. The molecule has 1 aromatic heterocycles. The maximum Gasteiger partial charge on any atom is 0.273 e. The lowest BCUT2D eigenvalue weighted by Crippen LogP contribution is -2.36. The molecule has 2 aliphatic rings. The fraction of sp³-hybridized carbons (Fsp3) is 0.385. The number of benzene rings is 2. The summed E-state index contributed by atoms with van der Waals surface area (Å²) in [5.41, 5.74) is 2.41. The monoisotopic (exact) mass is 443 g/mol. The molecule has 0 spiro atoms. The topological polar surface area (TPSA) is 80.1 Å². The average Bonchev–Trinajstić information content (AvgIpc) is 3.61. The van der Waals surface area contributed by atoms with Crippen molar-refractivity contribution >= 4 is 11.8 Å². The number of hydrogen-bond acceptors (Lipinski definition) is 4. The lowest BCUT2D eigenvalue weighted by atomic mass is 9.99. The lowest BCUT2D eigenvalue weighted by Gasteiger charge is -2.24. The second-order valence-electron chi connectivity index (χ2n) is 9.07. The highest BCUT2D eigenvalue weighted by atomic mass is 16.2. The smallest absolute Gasteiger partial charge is 0.273 e. The van der Waals surface area contributed by atoms with Crippen molar-refractivity contribution in [2.45, 2.75) is 44.2 Å². The van der Waals surface area contributed by atoms with Gasteiger partial charge in [-0.2, -0.15) is 0 Å². The van der Waals surface area contributed by atoms with Gasteiger partial charge in [-0.1, -0.05) is 78.7 Å². The van der Waals surface area contributed by atoms with Crippen molar-refractivity contribution < 1.29 is 9.59 Å². The summed E-state index contributed by atoms with van der Waals surface area (Å²) in [5, 5.41) is 11.4. The molecule has 1 saturated carbocycles. The maximum atomic E-state index is 12.8. The highest BCUT2D eigenvalue weighted by Crippen LogP contribution is 2.29. The molecule has 1 aliphatic carbocycles. The predicted octanol–water partition coefficient (Wildman–Crippen LogP) is 3.44. The molecule has 1 saturated heterocycles. The van der Waals surface area contributed by atoms with Gasteiger partial charge >= 0.3 is 0 Å². The molecule has 2 fully saturated rings. The van der Waals surface area contributed by atoms with Crippen LogP contribution in [0.2, 0.25) is 0 Å². The van der Waals surface area contributed by atoms with Gasteiger partial charge in [0.2, 0.25) is 5.91 Å². The number of likely N-dealkylation sites (tertiary alicyclic amines) is 1. The zero-order valence-corrected chi connectivity index (χ0v) is 18.6. The minimum atomic E-state index is -0.257. The summed E-state index contributed by atoms with van der Waals surface area (Å²) in [6, 6.07) is 20.3. The Kier molecular flexibility index (Phi) is 6.19. The summed E-state index contributed by atoms with van der Waals surface area (Å²) in [6.07, 6.45) is 6.84. The van der Waals surface area contributed by atoms with Gasteiger partial charge < -0.3 is 10.2 Å². The Morgan fingerprint density at radius 3 is 2.27 bits per heavy atom. The van der Waals surface area contributed by atoms with E-state index in [4.69, 9.17) is 0 Å². The molecule has 33 heavy (non-hydrogen) atoms. The van der Waals surface area contributed by atoms with Crippen LogP contribution in [0.1, 0.15) is 59.8 Å². The first kappa shape index (κ1) is 21.4. The van der Waals surface area contributed by atoms with Gasteiger partial charge in [0, 0.05) is 31.5 Å². The van der Waals surface area contributed by atoms with Gasteiger partial charge in [-0.15, -0.1) is 5.10 Å². The zero-order valence-electron chi connectivity index (χ0n) is 18.6. The first-order chi connectivity index (χ1) is 16.2. The second-order valence-corrected chi connectivity index (χ2v) is 9.07. The first-order valence-electron chi connectivity index (χ1n) is 11.8. The van der Waals surface area contributed by atoms with Crippen molar-refractivity contribution in [2.75, 3.05) is 13.1 Å². The number of carbonyl (C=O) groups excluding carboxylic acids is 2. The highest BCUT2D eigenvalue weighted by molar-refractivity contribution is 5.92. The third-order valence-corrected chi connectivity index (χ3v) is 6.79.